The number of fused-ring (bicyclic) bond motifs is 1. The standard InChI is InChI=1S/C17H14BrFN2/c1-10-6-7-14(19)12(8-10)16(20)17-13(18)9-11-4-2-3-5-15(11)21-17/h2-9,16H,20H2,1H3. The highest BCUT2D eigenvalue weighted by molar-refractivity contribution is 9.10. The van der Waals surface area contributed by atoms with E-state index in [0.29, 0.717) is 11.3 Å². The maximum absolute atomic E-state index is 14.0. The van der Waals surface area contributed by atoms with Gasteiger partial charge in [-0.15, -0.1) is 0 Å². The van der Waals surface area contributed by atoms with Crippen LogP contribution in [0.4, 0.5) is 4.39 Å². The first kappa shape index (κ1) is 14.2. The van der Waals surface area contributed by atoms with E-state index >= 15 is 0 Å². The predicted octanol–water partition coefficient (Wildman–Crippen LogP) is 4.49. The molecular formula is C17H14BrFN2. The van der Waals surface area contributed by atoms with Crippen LogP contribution in [-0.2, 0) is 0 Å². The van der Waals surface area contributed by atoms with E-state index in [1.165, 1.54) is 6.07 Å². The summed E-state index contributed by atoms with van der Waals surface area (Å²) < 4.78 is 14.8. The number of pyridine rings is 1. The Bertz CT molecular complexity index is 817. The van der Waals surface area contributed by atoms with E-state index in [1.807, 2.05) is 37.3 Å². The molecule has 1 aromatic heterocycles. The molecular weight excluding hydrogens is 331 g/mol. The lowest BCUT2D eigenvalue weighted by atomic mass is 10.0. The van der Waals surface area contributed by atoms with E-state index < -0.39 is 6.04 Å². The third-order valence-electron chi connectivity index (χ3n) is 3.49. The number of hydrogen-bond donors (Lipinski definition) is 1. The van der Waals surface area contributed by atoms with Crippen LogP contribution < -0.4 is 5.73 Å². The molecule has 1 unspecified atom stereocenters. The lowest BCUT2D eigenvalue weighted by Crippen LogP contribution is -2.16. The molecule has 106 valence electrons. The summed E-state index contributed by atoms with van der Waals surface area (Å²) in [7, 11) is 0. The molecule has 0 bridgehead atoms. The zero-order valence-electron chi connectivity index (χ0n) is 11.5. The third-order valence-corrected chi connectivity index (χ3v) is 4.12. The summed E-state index contributed by atoms with van der Waals surface area (Å²) in [6, 6.07) is 14.1. The fraction of sp³-hybridized carbons (Fsp3) is 0.118. The van der Waals surface area contributed by atoms with Gasteiger partial charge in [-0.25, -0.2) is 9.37 Å². The Kier molecular flexibility index (Phi) is 3.74. The van der Waals surface area contributed by atoms with Gasteiger partial charge in [-0.05, 0) is 41.1 Å². The SMILES string of the molecule is Cc1ccc(F)c(C(N)c2nc3ccccc3cc2Br)c1. The molecule has 2 aromatic carbocycles. The lowest BCUT2D eigenvalue weighted by molar-refractivity contribution is 0.596. The fourth-order valence-electron chi connectivity index (χ4n) is 2.37. The van der Waals surface area contributed by atoms with E-state index in [1.54, 1.807) is 12.1 Å². The van der Waals surface area contributed by atoms with Gasteiger partial charge >= 0.3 is 0 Å². The minimum atomic E-state index is -0.608. The van der Waals surface area contributed by atoms with Crippen LogP contribution in [0.1, 0.15) is 22.9 Å². The topological polar surface area (TPSA) is 38.9 Å². The fourth-order valence-corrected chi connectivity index (χ4v) is 2.95. The number of halogens is 2. The van der Waals surface area contributed by atoms with E-state index in [-0.39, 0.29) is 5.82 Å². The van der Waals surface area contributed by atoms with Gasteiger partial charge in [0.2, 0.25) is 0 Å². The number of nitrogens with zero attached hydrogens (tertiary/aromatic N) is 1. The van der Waals surface area contributed by atoms with Gasteiger partial charge < -0.3 is 5.73 Å². The number of para-hydroxylation sites is 1. The van der Waals surface area contributed by atoms with Crippen LogP contribution in [-0.4, -0.2) is 4.98 Å². The van der Waals surface area contributed by atoms with E-state index in [0.717, 1.165) is 20.9 Å². The Labute approximate surface area is 130 Å². The molecule has 0 saturated carbocycles. The predicted molar refractivity (Wildman–Crippen MR) is 86.6 cm³/mol. The molecule has 0 aliphatic rings. The van der Waals surface area contributed by atoms with Crippen LogP contribution in [0.25, 0.3) is 10.9 Å². The molecule has 21 heavy (non-hydrogen) atoms. The number of benzene rings is 2. The van der Waals surface area contributed by atoms with Crippen LogP contribution >= 0.6 is 15.9 Å². The van der Waals surface area contributed by atoms with Crippen LogP contribution in [0.5, 0.6) is 0 Å². The third kappa shape index (κ3) is 2.69. The second-order valence-electron chi connectivity index (χ2n) is 5.05. The normalized spacial score (nSPS) is 12.6. The summed E-state index contributed by atoms with van der Waals surface area (Å²) in [5, 5.41) is 1.02. The van der Waals surface area contributed by atoms with E-state index in [4.69, 9.17) is 5.73 Å². The van der Waals surface area contributed by atoms with E-state index in [2.05, 4.69) is 20.9 Å². The second kappa shape index (κ2) is 5.54. The Morgan fingerprint density at radius 3 is 2.71 bits per heavy atom. The van der Waals surface area contributed by atoms with Crippen molar-refractivity contribution in [3.63, 3.8) is 0 Å². The van der Waals surface area contributed by atoms with Gasteiger partial charge in [-0.2, -0.15) is 0 Å². The van der Waals surface area contributed by atoms with Crippen molar-refractivity contribution >= 4 is 26.8 Å². The molecule has 1 heterocycles. The van der Waals surface area contributed by atoms with Crippen LogP contribution in [0.15, 0.2) is 53.0 Å². The van der Waals surface area contributed by atoms with Gasteiger partial charge in [-0.3, -0.25) is 0 Å². The average Bonchev–Trinajstić information content (AvgIpc) is 2.48. The van der Waals surface area contributed by atoms with Crippen molar-refractivity contribution in [2.75, 3.05) is 0 Å². The lowest BCUT2D eigenvalue weighted by Gasteiger charge is -2.15. The zero-order chi connectivity index (χ0) is 15.0. The minimum Gasteiger partial charge on any atom is -0.319 e. The minimum absolute atomic E-state index is 0.310. The summed E-state index contributed by atoms with van der Waals surface area (Å²) in [5.41, 5.74) is 9.16. The molecule has 0 fully saturated rings. The second-order valence-corrected chi connectivity index (χ2v) is 5.91. The molecule has 1 atom stereocenters. The molecule has 0 saturated heterocycles. The molecule has 0 spiro atoms. The molecule has 0 radical (unpaired) electrons. The number of aryl methyl sites for hydroxylation is 1. The highest BCUT2D eigenvalue weighted by atomic mass is 79.9. The van der Waals surface area contributed by atoms with Crippen LogP contribution in [0.2, 0.25) is 0 Å². The van der Waals surface area contributed by atoms with Crippen molar-refractivity contribution in [1.82, 2.24) is 4.98 Å². The highest BCUT2D eigenvalue weighted by Crippen LogP contribution is 2.30. The summed E-state index contributed by atoms with van der Waals surface area (Å²) in [4.78, 5) is 4.58. The first-order valence-electron chi connectivity index (χ1n) is 6.63. The monoisotopic (exact) mass is 344 g/mol. The van der Waals surface area contributed by atoms with Crippen molar-refractivity contribution < 1.29 is 4.39 Å². The molecule has 2 N–H and O–H groups in total. The molecule has 0 amide bonds. The highest BCUT2D eigenvalue weighted by Gasteiger charge is 2.18. The number of hydrogen-bond acceptors (Lipinski definition) is 2. The van der Waals surface area contributed by atoms with Gasteiger partial charge in [0.05, 0.1) is 17.3 Å². The largest absolute Gasteiger partial charge is 0.319 e. The van der Waals surface area contributed by atoms with Gasteiger partial charge in [0, 0.05) is 15.4 Å². The van der Waals surface area contributed by atoms with Gasteiger partial charge in [0.15, 0.2) is 0 Å². The number of rotatable bonds is 2. The number of aromatic nitrogens is 1. The van der Waals surface area contributed by atoms with Gasteiger partial charge in [0.1, 0.15) is 5.82 Å². The summed E-state index contributed by atoms with van der Waals surface area (Å²) in [5.74, 6) is -0.310. The van der Waals surface area contributed by atoms with Crippen molar-refractivity contribution in [1.29, 1.82) is 0 Å². The van der Waals surface area contributed by atoms with Crippen molar-refractivity contribution in [3.8, 4) is 0 Å². The summed E-state index contributed by atoms with van der Waals surface area (Å²) >= 11 is 3.49. The first-order chi connectivity index (χ1) is 10.1. The number of nitrogens with two attached hydrogens (primary N) is 1. The summed E-state index contributed by atoms with van der Waals surface area (Å²) in [6.07, 6.45) is 0. The van der Waals surface area contributed by atoms with Crippen molar-refractivity contribution in [2.45, 2.75) is 13.0 Å². The molecule has 3 rings (SSSR count). The van der Waals surface area contributed by atoms with Gasteiger partial charge in [0.25, 0.3) is 0 Å². The van der Waals surface area contributed by atoms with Crippen LogP contribution in [0, 0.1) is 12.7 Å². The molecule has 3 aromatic rings. The Morgan fingerprint density at radius 2 is 1.90 bits per heavy atom. The van der Waals surface area contributed by atoms with Crippen molar-refractivity contribution in [3.05, 3.63) is 75.6 Å². The maximum Gasteiger partial charge on any atom is 0.128 e. The molecule has 0 aliphatic carbocycles. The van der Waals surface area contributed by atoms with E-state index in [9.17, 15) is 4.39 Å². The maximum atomic E-state index is 14.0. The first-order valence-corrected chi connectivity index (χ1v) is 7.42. The average molecular weight is 345 g/mol. The van der Waals surface area contributed by atoms with Crippen molar-refractivity contribution in [2.24, 2.45) is 5.73 Å². The molecule has 4 heteroatoms. The Morgan fingerprint density at radius 1 is 1.14 bits per heavy atom. The summed E-state index contributed by atoms with van der Waals surface area (Å²) in [6.45, 7) is 1.92. The smallest absolute Gasteiger partial charge is 0.128 e. The van der Waals surface area contributed by atoms with Crippen LogP contribution in [0.3, 0.4) is 0 Å². The van der Waals surface area contributed by atoms with Gasteiger partial charge in [-0.1, -0.05) is 35.9 Å². The molecule has 2 nitrogen and oxygen atoms in total. The Balaban J connectivity index is 2.14. The molecule has 0 aliphatic heterocycles. The quantitative estimate of drug-likeness (QED) is 0.743. The Hall–Kier alpha value is -1.78. The zero-order valence-corrected chi connectivity index (χ0v) is 13.1.